The number of nitrogens with one attached hydrogen (secondary N) is 1. The SMILES string of the molecule is COC(=O)c1ccccc1/C=N\NC(=O)CSc1ccc(C)cc1. The minimum atomic E-state index is -0.446. The van der Waals surface area contributed by atoms with Crippen LogP contribution in [-0.4, -0.2) is 31.0 Å². The molecule has 0 aliphatic heterocycles. The van der Waals surface area contributed by atoms with E-state index in [-0.39, 0.29) is 11.7 Å². The van der Waals surface area contributed by atoms with Crippen molar-refractivity contribution >= 4 is 29.9 Å². The van der Waals surface area contributed by atoms with Gasteiger partial charge >= 0.3 is 5.97 Å². The fraction of sp³-hybridized carbons (Fsp3) is 0.167. The van der Waals surface area contributed by atoms with Crippen molar-refractivity contribution in [2.45, 2.75) is 11.8 Å². The average molecular weight is 342 g/mol. The maximum atomic E-state index is 11.8. The van der Waals surface area contributed by atoms with Gasteiger partial charge in [0.05, 0.1) is 24.6 Å². The van der Waals surface area contributed by atoms with Gasteiger partial charge in [-0.2, -0.15) is 5.10 Å². The molecule has 0 aliphatic rings. The molecule has 0 radical (unpaired) electrons. The van der Waals surface area contributed by atoms with Crippen molar-refractivity contribution in [3.05, 3.63) is 65.2 Å². The van der Waals surface area contributed by atoms with Crippen molar-refractivity contribution in [2.24, 2.45) is 5.10 Å². The summed E-state index contributed by atoms with van der Waals surface area (Å²) >= 11 is 1.44. The van der Waals surface area contributed by atoms with Crippen molar-refractivity contribution < 1.29 is 14.3 Å². The second-order valence-electron chi connectivity index (χ2n) is 4.97. The Kier molecular flexibility index (Phi) is 6.57. The number of amides is 1. The Balaban J connectivity index is 1.88. The molecule has 5 nitrogen and oxygen atoms in total. The number of rotatable bonds is 6. The van der Waals surface area contributed by atoms with Gasteiger partial charge in [-0.25, -0.2) is 10.2 Å². The molecule has 2 aromatic rings. The van der Waals surface area contributed by atoms with Gasteiger partial charge in [-0.3, -0.25) is 4.79 Å². The Morgan fingerprint density at radius 1 is 1.17 bits per heavy atom. The summed E-state index contributed by atoms with van der Waals surface area (Å²) in [6.45, 7) is 2.02. The van der Waals surface area contributed by atoms with Gasteiger partial charge in [0, 0.05) is 10.5 Å². The highest BCUT2D eigenvalue weighted by atomic mass is 32.2. The third-order valence-electron chi connectivity index (χ3n) is 3.15. The van der Waals surface area contributed by atoms with Crippen LogP contribution < -0.4 is 5.43 Å². The second kappa shape index (κ2) is 8.88. The third-order valence-corrected chi connectivity index (χ3v) is 4.16. The number of methoxy groups -OCH3 is 1. The van der Waals surface area contributed by atoms with Gasteiger partial charge in [-0.1, -0.05) is 35.9 Å². The number of ether oxygens (including phenoxy) is 1. The van der Waals surface area contributed by atoms with Crippen LogP contribution in [0, 0.1) is 6.92 Å². The number of esters is 1. The maximum Gasteiger partial charge on any atom is 0.338 e. The first kappa shape index (κ1) is 17.7. The Bertz CT molecular complexity index is 742. The van der Waals surface area contributed by atoms with Crippen LogP contribution in [0.4, 0.5) is 0 Å². The summed E-state index contributed by atoms with van der Waals surface area (Å²) < 4.78 is 4.71. The first-order chi connectivity index (χ1) is 11.6. The number of benzene rings is 2. The van der Waals surface area contributed by atoms with Gasteiger partial charge in [-0.15, -0.1) is 11.8 Å². The minimum absolute atomic E-state index is 0.215. The molecule has 0 heterocycles. The fourth-order valence-corrected chi connectivity index (χ4v) is 2.59. The molecular formula is C18H18N2O3S. The molecule has 0 fully saturated rings. The molecule has 0 saturated carbocycles. The molecule has 24 heavy (non-hydrogen) atoms. The average Bonchev–Trinajstić information content (AvgIpc) is 2.61. The summed E-state index contributed by atoms with van der Waals surface area (Å²) in [5.74, 6) is -0.398. The Hall–Kier alpha value is -2.60. The molecule has 2 aromatic carbocycles. The van der Waals surface area contributed by atoms with Crippen LogP contribution in [-0.2, 0) is 9.53 Å². The lowest BCUT2D eigenvalue weighted by atomic mass is 10.1. The highest BCUT2D eigenvalue weighted by Gasteiger charge is 2.09. The van der Waals surface area contributed by atoms with Gasteiger partial charge in [-0.05, 0) is 25.1 Å². The molecule has 1 N–H and O–H groups in total. The molecular weight excluding hydrogens is 324 g/mol. The number of carbonyl (C=O) groups is 2. The van der Waals surface area contributed by atoms with E-state index in [1.807, 2.05) is 31.2 Å². The standard InChI is InChI=1S/C18H18N2O3S/c1-13-7-9-15(10-8-13)24-12-17(21)20-19-11-14-5-3-4-6-16(14)18(22)23-2/h3-11H,12H2,1-2H3,(H,20,21)/b19-11-. The van der Waals surface area contributed by atoms with E-state index in [1.54, 1.807) is 24.3 Å². The molecule has 0 spiro atoms. The number of nitrogens with zero attached hydrogens (tertiary/aromatic N) is 1. The lowest BCUT2D eigenvalue weighted by Crippen LogP contribution is -2.19. The van der Waals surface area contributed by atoms with Gasteiger partial charge in [0.2, 0.25) is 5.91 Å². The van der Waals surface area contributed by atoms with Gasteiger partial charge in [0.1, 0.15) is 0 Å². The number of hydrogen-bond acceptors (Lipinski definition) is 5. The predicted molar refractivity (Wildman–Crippen MR) is 95.4 cm³/mol. The van der Waals surface area contributed by atoms with Crippen LogP contribution in [0.5, 0.6) is 0 Å². The van der Waals surface area contributed by atoms with Gasteiger partial charge in [0.25, 0.3) is 0 Å². The summed E-state index contributed by atoms with van der Waals surface area (Å²) in [6, 6.07) is 14.8. The van der Waals surface area contributed by atoms with Gasteiger partial charge < -0.3 is 4.74 Å². The van der Waals surface area contributed by atoms with Crippen molar-refractivity contribution in [1.29, 1.82) is 0 Å². The summed E-state index contributed by atoms with van der Waals surface area (Å²) in [7, 11) is 1.32. The zero-order valence-corrected chi connectivity index (χ0v) is 14.3. The molecule has 124 valence electrons. The summed E-state index contributed by atoms with van der Waals surface area (Å²) in [5, 5.41) is 3.90. The van der Waals surface area contributed by atoms with E-state index in [0.29, 0.717) is 11.1 Å². The van der Waals surface area contributed by atoms with Crippen LogP contribution >= 0.6 is 11.8 Å². The number of hydrazone groups is 1. The number of aryl methyl sites for hydroxylation is 1. The normalized spacial score (nSPS) is 10.6. The third kappa shape index (κ3) is 5.24. The molecule has 0 bridgehead atoms. The van der Waals surface area contributed by atoms with E-state index in [1.165, 1.54) is 30.6 Å². The Morgan fingerprint density at radius 3 is 2.58 bits per heavy atom. The van der Waals surface area contributed by atoms with Crippen LogP contribution in [0.1, 0.15) is 21.5 Å². The molecule has 0 atom stereocenters. The van der Waals surface area contributed by atoms with E-state index >= 15 is 0 Å². The molecule has 2 rings (SSSR count). The van der Waals surface area contributed by atoms with Crippen LogP contribution in [0.2, 0.25) is 0 Å². The summed E-state index contributed by atoms with van der Waals surface area (Å²) in [6.07, 6.45) is 1.43. The molecule has 0 unspecified atom stereocenters. The largest absolute Gasteiger partial charge is 0.465 e. The highest BCUT2D eigenvalue weighted by Crippen LogP contribution is 2.17. The van der Waals surface area contributed by atoms with E-state index in [9.17, 15) is 9.59 Å². The van der Waals surface area contributed by atoms with E-state index in [2.05, 4.69) is 10.5 Å². The van der Waals surface area contributed by atoms with Crippen LogP contribution in [0.15, 0.2) is 58.5 Å². The monoisotopic (exact) mass is 342 g/mol. The molecule has 1 amide bonds. The van der Waals surface area contributed by atoms with Crippen LogP contribution in [0.25, 0.3) is 0 Å². The van der Waals surface area contributed by atoms with E-state index in [4.69, 9.17) is 4.74 Å². The fourth-order valence-electron chi connectivity index (χ4n) is 1.89. The lowest BCUT2D eigenvalue weighted by molar-refractivity contribution is -0.118. The number of hydrogen-bond donors (Lipinski definition) is 1. The molecule has 0 aliphatic carbocycles. The quantitative estimate of drug-likeness (QED) is 0.379. The lowest BCUT2D eigenvalue weighted by Gasteiger charge is -2.03. The smallest absolute Gasteiger partial charge is 0.338 e. The molecule has 0 saturated heterocycles. The van der Waals surface area contributed by atoms with Crippen molar-refractivity contribution in [2.75, 3.05) is 12.9 Å². The van der Waals surface area contributed by atoms with Crippen molar-refractivity contribution in [3.8, 4) is 0 Å². The topological polar surface area (TPSA) is 67.8 Å². The first-order valence-electron chi connectivity index (χ1n) is 7.29. The zero-order valence-electron chi connectivity index (χ0n) is 13.5. The Labute approximate surface area is 145 Å². The summed E-state index contributed by atoms with van der Waals surface area (Å²) in [4.78, 5) is 24.5. The molecule has 6 heteroatoms. The minimum Gasteiger partial charge on any atom is -0.465 e. The first-order valence-corrected chi connectivity index (χ1v) is 8.27. The predicted octanol–water partition coefficient (Wildman–Crippen LogP) is 3.02. The second-order valence-corrected chi connectivity index (χ2v) is 6.02. The molecule has 0 aromatic heterocycles. The van der Waals surface area contributed by atoms with Crippen LogP contribution in [0.3, 0.4) is 0 Å². The number of carbonyl (C=O) groups excluding carboxylic acids is 2. The van der Waals surface area contributed by atoms with Crippen molar-refractivity contribution in [3.63, 3.8) is 0 Å². The zero-order chi connectivity index (χ0) is 17.4. The van der Waals surface area contributed by atoms with Crippen molar-refractivity contribution in [1.82, 2.24) is 5.43 Å². The van der Waals surface area contributed by atoms with E-state index in [0.717, 1.165) is 4.90 Å². The van der Waals surface area contributed by atoms with Gasteiger partial charge in [0.15, 0.2) is 0 Å². The number of thioether (sulfide) groups is 1. The highest BCUT2D eigenvalue weighted by molar-refractivity contribution is 8.00. The Morgan fingerprint density at radius 2 is 1.88 bits per heavy atom. The van der Waals surface area contributed by atoms with E-state index < -0.39 is 5.97 Å². The summed E-state index contributed by atoms with van der Waals surface area (Å²) in [5.41, 5.74) is 4.61. The maximum absolute atomic E-state index is 11.8.